The van der Waals surface area contributed by atoms with Gasteiger partial charge in [0.15, 0.2) is 5.96 Å². The van der Waals surface area contributed by atoms with Crippen molar-refractivity contribution in [3.05, 3.63) is 35.4 Å². The number of benzene rings is 1. The van der Waals surface area contributed by atoms with E-state index in [0.717, 1.165) is 6.42 Å². The summed E-state index contributed by atoms with van der Waals surface area (Å²) >= 11 is 0. The monoisotopic (exact) mass is 464 g/mol. The first-order valence-electron chi connectivity index (χ1n) is 8.17. The number of piperidine rings is 1. The number of carbonyl (C=O) groups excluding carboxylic acids is 1. The van der Waals surface area contributed by atoms with Gasteiger partial charge in [-0.2, -0.15) is 0 Å². The van der Waals surface area contributed by atoms with Crippen molar-refractivity contribution >= 4 is 35.8 Å². The van der Waals surface area contributed by atoms with Gasteiger partial charge in [0.2, 0.25) is 5.91 Å². The van der Waals surface area contributed by atoms with E-state index in [1.54, 1.807) is 19.0 Å². The Kier molecular flexibility index (Phi) is 6.59. The summed E-state index contributed by atoms with van der Waals surface area (Å²) in [6.45, 7) is 0.621. The molecule has 1 aromatic rings. The number of hydrogen-bond acceptors (Lipinski definition) is 2. The number of nitrogens with one attached hydrogen (secondary N) is 2. The molecule has 1 saturated heterocycles. The molecule has 3 rings (SSSR count). The number of aliphatic imine (C=N–C) groups is 1. The molecule has 1 amide bonds. The van der Waals surface area contributed by atoms with E-state index >= 15 is 0 Å². The maximum atomic E-state index is 13.8. The summed E-state index contributed by atoms with van der Waals surface area (Å²) < 4.78 is 27.7. The second-order valence-corrected chi connectivity index (χ2v) is 6.45. The number of guanidine groups is 1. The molecule has 1 aliphatic heterocycles. The first kappa shape index (κ1) is 19.9. The third-order valence-electron chi connectivity index (χ3n) is 4.67. The molecule has 1 aliphatic carbocycles. The molecule has 1 aromatic carbocycles. The van der Waals surface area contributed by atoms with Crippen molar-refractivity contribution in [3.8, 4) is 0 Å². The number of amides is 1. The lowest BCUT2D eigenvalue weighted by Crippen LogP contribution is -2.52. The predicted octanol–water partition coefficient (Wildman–Crippen LogP) is 2.22. The van der Waals surface area contributed by atoms with Gasteiger partial charge in [0.05, 0.1) is 0 Å². The van der Waals surface area contributed by atoms with Crippen LogP contribution in [0.3, 0.4) is 0 Å². The first-order chi connectivity index (χ1) is 11.5. The van der Waals surface area contributed by atoms with E-state index in [9.17, 15) is 13.6 Å². The Morgan fingerprint density at radius 1 is 1.28 bits per heavy atom. The van der Waals surface area contributed by atoms with Crippen molar-refractivity contribution in [1.82, 2.24) is 15.5 Å². The number of carbonyl (C=O) groups is 1. The average molecular weight is 464 g/mol. The van der Waals surface area contributed by atoms with Gasteiger partial charge < -0.3 is 15.5 Å². The van der Waals surface area contributed by atoms with Gasteiger partial charge in [-0.3, -0.25) is 9.79 Å². The van der Waals surface area contributed by atoms with Crippen LogP contribution in [0.2, 0.25) is 0 Å². The van der Waals surface area contributed by atoms with Crippen molar-refractivity contribution in [2.45, 2.75) is 37.3 Å². The molecule has 2 aliphatic rings. The molecule has 0 aromatic heterocycles. The van der Waals surface area contributed by atoms with Crippen LogP contribution in [0.25, 0.3) is 0 Å². The molecular weight excluding hydrogens is 441 g/mol. The van der Waals surface area contributed by atoms with E-state index < -0.39 is 11.6 Å². The average Bonchev–Trinajstić information content (AvgIpc) is 3.29. The normalized spacial score (nSPS) is 26.1. The van der Waals surface area contributed by atoms with E-state index in [1.807, 2.05) is 0 Å². The van der Waals surface area contributed by atoms with Crippen LogP contribution in [0.5, 0.6) is 0 Å². The summed E-state index contributed by atoms with van der Waals surface area (Å²) in [5.74, 6) is -0.431. The Balaban J connectivity index is 0.00000225. The molecular formula is C17H23F2IN4O. The topological polar surface area (TPSA) is 56.7 Å². The van der Waals surface area contributed by atoms with Gasteiger partial charge in [-0.25, -0.2) is 8.78 Å². The van der Waals surface area contributed by atoms with Crippen LogP contribution in [-0.2, 0) is 4.79 Å². The van der Waals surface area contributed by atoms with Crippen molar-refractivity contribution in [3.63, 3.8) is 0 Å². The second-order valence-electron chi connectivity index (χ2n) is 6.45. The molecule has 1 heterocycles. The number of likely N-dealkylation sites (N-methyl/N-ethyl adjacent to an activating group) is 1. The number of hydrogen-bond donors (Lipinski definition) is 2. The van der Waals surface area contributed by atoms with E-state index in [2.05, 4.69) is 15.6 Å². The number of nitrogens with zero attached hydrogens (tertiary/aromatic N) is 2. The Hall–Kier alpha value is -1.45. The summed E-state index contributed by atoms with van der Waals surface area (Å²) in [7, 11) is 3.44. The highest BCUT2D eigenvalue weighted by molar-refractivity contribution is 14.0. The largest absolute Gasteiger partial charge is 0.353 e. The van der Waals surface area contributed by atoms with E-state index in [-0.39, 0.29) is 53.4 Å². The Bertz CT molecular complexity index is 650. The highest BCUT2D eigenvalue weighted by Crippen LogP contribution is 2.43. The lowest BCUT2D eigenvalue weighted by molar-refractivity contribution is -0.132. The summed E-state index contributed by atoms with van der Waals surface area (Å²) in [6.07, 6.45) is 1.93. The molecule has 2 fully saturated rings. The molecule has 1 saturated carbocycles. The van der Waals surface area contributed by atoms with Gasteiger partial charge in [0.1, 0.15) is 11.6 Å². The molecule has 5 nitrogen and oxygen atoms in total. The van der Waals surface area contributed by atoms with Crippen LogP contribution in [0.4, 0.5) is 8.78 Å². The van der Waals surface area contributed by atoms with Gasteiger partial charge in [-0.15, -0.1) is 24.0 Å². The zero-order valence-corrected chi connectivity index (χ0v) is 16.6. The first-order valence-corrected chi connectivity index (χ1v) is 8.17. The van der Waals surface area contributed by atoms with E-state index in [1.165, 1.54) is 18.2 Å². The summed E-state index contributed by atoms with van der Waals surface area (Å²) in [5.41, 5.74) is 0.147. The SMILES string of the molecule is CN=C(NC1CCC(=O)N(C)C1)NC1CC1c1c(F)cccc1F.I. The summed E-state index contributed by atoms with van der Waals surface area (Å²) in [5, 5.41) is 6.51. The van der Waals surface area contributed by atoms with E-state index in [0.29, 0.717) is 25.3 Å². The van der Waals surface area contributed by atoms with Crippen molar-refractivity contribution in [2.24, 2.45) is 4.99 Å². The Morgan fingerprint density at radius 2 is 1.96 bits per heavy atom. The molecule has 3 atom stereocenters. The predicted molar refractivity (Wildman–Crippen MR) is 103 cm³/mol. The maximum Gasteiger partial charge on any atom is 0.222 e. The Labute approximate surface area is 163 Å². The highest BCUT2D eigenvalue weighted by atomic mass is 127. The second kappa shape index (κ2) is 8.29. The van der Waals surface area contributed by atoms with Gasteiger partial charge in [0.25, 0.3) is 0 Å². The third kappa shape index (κ3) is 4.59. The zero-order valence-electron chi connectivity index (χ0n) is 14.3. The van der Waals surface area contributed by atoms with Crippen LogP contribution >= 0.6 is 24.0 Å². The number of rotatable bonds is 3. The van der Waals surface area contributed by atoms with Crippen molar-refractivity contribution < 1.29 is 13.6 Å². The van der Waals surface area contributed by atoms with Crippen molar-refractivity contribution in [1.29, 1.82) is 0 Å². The van der Waals surface area contributed by atoms with Gasteiger partial charge >= 0.3 is 0 Å². The quantitative estimate of drug-likeness (QED) is 0.410. The van der Waals surface area contributed by atoms with Gasteiger partial charge in [-0.1, -0.05) is 6.07 Å². The maximum absolute atomic E-state index is 13.8. The highest BCUT2D eigenvalue weighted by Gasteiger charge is 2.42. The molecule has 2 N–H and O–H groups in total. The minimum absolute atomic E-state index is 0. The zero-order chi connectivity index (χ0) is 17.3. The minimum Gasteiger partial charge on any atom is -0.353 e. The van der Waals surface area contributed by atoms with Gasteiger partial charge in [-0.05, 0) is 25.0 Å². The number of halogens is 3. The fraction of sp³-hybridized carbons (Fsp3) is 0.529. The molecule has 0 radical (unpaired) electrons. The molecule has 0 bridgehead atoms. The summed E-state index contributed by atoms with van der Waals surface area (Å²) in [4.78, 5) is 17.4. The smallest absolute Gasteiger partial charge is 0.222 e. The fourth-order valence-corrected chi connectivity index (χ4v) is 3.21. The standard InChI is InChI=1S/C17H22F2N4O.HI/c1-20-17(21-10-6-7-15(24)23(2)9-10)22-14-8-11(14)16-12(18)4-3-5-13(16)19;/h3-5,10-11,14H,6-9H2,1-2H3,(H2,20,21,22);1H. The fourth-order valence-electron chi connectivity index (χ4n) is 3.21. The van der Waals surface area contributed by atoms with Crippen LogP contribution in [0.1, 0.15) is 30.7 Å². The molecule has 8 heteroatoms. The van der Waals surface area contributed by atoms with Crippen molar-refractivity contribution in [2.75, 3.05) is 20.6 Å². The summed E-state index contributed by atoms with van der Waals surface area (Å²) in [6, 6.07) is 4.04. The van der Waals surface area contributed by atoms with E-state index in [4.69, 9.17) is 0 Å². The van der Waals surface area contributed by atoms with Gasteiger partial charge in [0, 0.05) is 50.6 Å². The molecule has 138 valence electrons. The third-order valence-corrected chi connectivity index (χ3v) is 4.67. The lowest BCUT2D eigenvalue weighted by atomic mass is 10.1. The van der Waals surface area contributed by atoms with Crippen LogP contribution in [-0.4, -0.2) is 49.5 Å². The molecule has 25 heavy (non-hydrogen) atoms. The number of likely N-dealkylation sites (tertiary alicyclic amines) is 1. The molecule has 0 spiro atoms. The minimum atomic E-state index is -0.500. The Morgan fingerprint density at radius 3 is 2.56 bits per heavy atom. The van der Waals surface area contributed by atoms with Crippen LogP contribution in [0.15, 0.2) is 23.2 Å². The lowest BCUT2D eigenvalue weighted by Gasteiger charge is -2.31. The molecule has 3 unspecified atom stereocenters. The van der Waals surface area contributed by atoms with Crippen LogP contribution in [0, 0.1) is 11.6 Å². The van der Waals surface area contributed by atoms with Crippen LogP contribution < -0.4 is 10.6 Å².